The summed E-state index contributed by atoms with van der Waals surface area (Å²) in [6.45, 7) is 0. The highest BCUT2D eigenvalue weighted by atomic mass is 32.2. The lowest BCUT2D eigenvalue weighted by Gasteiger charge is -2.40. The monoisotopic (exact) mass is 930 g/mol. The third-order valence-electron chi connectivity index (χ3n) is 14.7. The van der Waals surface area contributed by atoms with Gasteiger partial charge in [0, 0.05) is 49.9 Å². The van der Waals surface area contributed by atoms with Gasteiger partial charge in [0.2, 0.25) is 0 Å². The molecule has 0 amide bonds. The number of hydrogen-bond donors (Lipinski definition) is 0. The summed E-state index contributed by atoms with van der Waals surface area (Å²) in [4.78, 5) is 12.8. The summed E-state index contributed by atoms with van der Waals surface area (Å²) >= 11 is 1.91. The predicted octanol–water partition coefficient (Wildman–Crippen LogP) is 9.35. The summed E-state index contributed by atoms with van der Waals surface area (Å²) in [6, 6.07) is 89.0. The molecule has 69 heavy (non-hydrogen) atoms. The van der Waals surface area contributed by atoms with E-state index in [1.54, 1.807) is 0 Å². The van der Waals surface area contributed by atoms with Gasteiger partial charge in [0.25, 0.3) is 0 Å². The Morgan fingerprint density at radius 2 is 1.03 bits per heavy atom. The van der Waals surface area contributed by atoms with Crippen LogP contribution in [-0.2, 0) is 0 Å². The van der Waals surface area contributed by atoms with Crippen LogP contribution in [0.2, 0.25) is 0 Å². The molecular formula is C62H42N4SSi2. The molecule has 14 rings (SSSR count). The van der Waals surface area contributed by atoms with E-state index in [2.05, 4.69) is 246 Å². The van der Waals surface area contributed by atoms with Gasteiger partial charge in [0.15, 0.2) is 16.1 Å². The number of pyridine rings is 2. The van der Waals surface area contributed by atoms with E-state index in [0.29, 0.717) is 0 Å². The fourth-order valence-electron chi connectivity index (χ4n) is 12.0. The van der Waals surface area contributed by atoms with Crippen LogP contribution >= 0.6 is 11.8 Å². The Balaban J connectivity index is 1.14. The SMILES string of the molecule is c1ccc([Si](c2ccccc2)(c2ccc3c4ccccc4n4ccnc4c3c2)c2ccc3c4c5c(ccc4n(-c4ccccn4)c3c2)Sc2ccccc2[Si]5(c2ccccc2)c2ccccc2)cc1. The molecule has 0 aliphatic carbocycles. The van der Waals surface area contributed by atoms with Crippen molar-refractivity contribution < 1.29 is 0 Å². The molecule has 0 unspecified atom stereocenters. The van der Waals surface area contributed by atoms with E-state index >= 15 is 0 Å². The van der Waals surface area contributed by atoms with E-state index < -0.39 is 16.1 Å². The van der Waals surface area contributed by atoms with Crippen LogP contribution in [0, 0.1) is 0 Å². The molecule has 324 valence electrons. The van der Waals surface area contributed by atoms with E-state index in [0.717, 1.165) is 33.4 Å². The molecule has 0 saturated carbocycles. The lowest BCUT2D eigenvalue weighted by atomic mass is 10.1. The lowest BCUT2D eigenvalue weighted by Crippen LogP contribution is -2.76. The van der Waals surface area contributed by atoms with Crippen molar-refractivity contribution in [1.82, 2.24) is 18.9 Å². The third-order valence-corrected chi connectivity index (χ3v) is 25.9. The van der Waals surface area contributed by atoms with E-state index in [4.69, 9.17) is 9.97 Å². The molecule has 9 aromatic carbocycles. The number of imidazole rings is 1. The van der Waals surface area contributed by atoms with Crippen molar-refractivity contribution in [2.24, 2.45) is 0 Å². The van der Waals surface area contributed by atoms with Crippen LogP contribution in [0.1, 0.15) is 0 Å². The van der Waals surface area contributed by atoms with Gasteiger partial charge in [0.05, 0.1) is 16.6 Å². The van der Waals surface area contributed by atoms with Gasteiger partial charge >= 0.3 is 0 Å². The Kier molecular flexibility index (Phi) is 9.14. The number of rotatable bonds is 7. The first-order chi connectivity index (χ1) is 34.2. The van der Waals surface area contributed by atoms with Crippen molar-refractivity contribution in [3.05, 3.63) is 255 Å². The van der Waals surface area contributed by atoms with Crippen molar-refractivity contribution in [1.29, 1.82) is 0 Å². The number of benzene rings is 9. The molecule has 0 spiro atoms. The zero-order chi connectivity index (χ0) is 45.5. The molecule has 0 N–H and O–H groups in total. The highest BCUT2D eigenvalue weighted by Gasteiger charge is 2.49. The van der Waals surface area contributed by atoms with Crippen LogP contribution in [0.5, 0.6) is 0 Å². The first-order valence-electron chi connectivity index (χ1n) is 23.6. The molecule has 13 aromatic rings. The summed E-state index contributed by atoms with van der Waals surface area (Å²) in [7, 11) is -6.09. The predicted molar refractivity (Wildman–Crippen MR) is 294 cm³/mol. The summed E-state index contributed by atoms with van der Waals surface area (Å²) in [5.74, 6) is 0.899. The maximum Gasteiger partial charge on any atom is 0.182 e. The van der Waals surface area contributed by atoms with Gasteiger partial charge in [-0.2, -0.15) is 0 Å². The zero-order valence-corrected chi connectivity index (χ0v) is 40.3. The van der Waals surface area contributed by atoms with E-state index in [1.807, 2.05) is 30.2 Å². The van der Waals surface area contributed by atoms with Crippen LogP contribution in [0.15, 0.2) is 265 Å². The molecule has 0 atom stereocenters. The third kappa shape index (κ3) is 5.75. The average molecular weight is 931 g/mol. The second-order valence-corrected chi connectivity index (χ2v) is 26.6. The quantitative estimate of drug-likeness (QED) is 0.0909. The Morgan fingerprint density at radius 3 is 1.74 bits per heavy atom. The number of para-hydroxylation sites is 1. The minimum Gasteiger partial charge on any atom is -0.299 e. The molecule has 1 aliphatic rings. The van der Waals surface area contributed by atoms with Gasteiger partial charge < -0.3 is 0 Å². The summed E-state index contributed by atoms with van der Waals surface area (Å²) < 4.78 is 4.70. The molecular weight excluding hydrogens is 889 g/mol. The van der Waals surface area contributed by atoms with Crippen molar-refractivity contribution in [2.45, 2.75) is 9.79 Å². The standard InChI is InChI=1S/C62H42N4SSi2/c1-5-19-43(20-6-1)68(44-21-7-2-8-22-44,47-32-34-49-50-27-13-14-28-53(50)65-40-39-64-62(65)52(49)41-47)48-33-35-51-55(42-48)66(59-31-17-18-38-63-59)54-36-37-57-61(60(51)54)69(45-23-9-3-10-24-45,46-25-11-4-12-26-46)58-30-16-15-29-56(58)67-57/h1-42H. The van der Waals surface area contributed by atoms with Crippen molar-refractivity contribution in [3.63, 3.8) is 0 Å². The van der Waals surface area contributed by atoms with Gasteiger partial charge in [0.1, 0.15) is 11.5 Å². The molecule has 0 saturated heterocycles. The van der Waals surface area contributed by atoms with E-state index in [9.17, 15) is 0 Å². The maximum absolute atomic E-state index is 5.14. The highest BCUT2D eigenvalue weighted by molar-refractivity contribution is 8.00. The molecule has 0 fully saturated rings. The summed E-state index contributed by atoms with van der Waals surface area (Å²) in [6.07, 6.45) is 5.95. The molecule has 5 heterocycles. The smallest absolute Gasteiger partial charge is 0.182 e. The van der Waals surface area contributed by atoms with Crippen LogP contribution < -0.4 is 41.5 Å². The van der Waals surface area contributed by atoms with Crippen LogP contribution in [0.25, 0.3) is 54.9 Å². The van der Waals surface area contributed by atoms with Gasteiger partial charge in [-0.1, -0.05) is 206 Å². The summed E-state index contributed by atoms with van der Waals surface area (Å²) in [5, 5.41) is 17.0. The Bertz CT molecular complexity index is 4020. The second-order valence-electron chi connectivity index (χ2n) is 18.0. The van der Waals surface area contributed by atoms with Crippen LogP contribution in [0.4, 0.5) is 0 Å². The second kappa shape index (κ2) is 15.8. The zero-order valence-electron chi connectivity index (χ0n) is 37.4. The Morgan fingerprint density at radius 1 is 0.406 bits per heavy atom. The fraction of sp³-hybridized carbons (Fsp3) is 0. The molecule has 4 nitrogen and oxygen atoms in total. The van der Waals surface area contributed by atoms with Crippen molar-refractivity contribution >= 4 is 119 Å². The van der Waals surface area contributed by atoms with Crippen LogP contribution in [-0.4, -0.2) is 35.1 Å². The molecule has 0 bridgehead atoms. The Hall–Kier alpha value is -8.08. The van der Waals surface area contributed by atoms with Crippen LogP contribution in [0.3, 0.4) is 0 Å². The highest BCUT2D eigenvalue weighted by Crippen LogP contribution is 2.40. The van der Waals surface area contributed by atoms with Gasteiger partial charge in [-0.05, 0) is 89.3 Å². The molecule has 0 radical (unpaired) electrons. The molecule has 1 aliphatic heterocycles. The largest absolute Gasteiger partial charge is 0.299 e. The van der Waals surface area contributed by atoms with E-state index in [-0.39, 0.29) is 0 Å². The van der Waals surface area contributed by atoms with Crippen molar-refractivity contribution in [3.8, 4) is 5.82 Å². The van der Waals surface area contributed by atoms with Gasteiger partial charge in [-0.25, -0.2) is 9.97 Å². The lowest BCUT2D eigenvalue weighted by molar-refractivity contribution is 1.08. The first-order valence-corrected chi connectivity index (χ1v) is 28.4. The normalized spacial score (nSPS) is 13.3. The minimum absolute atomic E-state index is 0.899. The Labute approximate surface area is 405 Å². The first kappa shape index (κ1) is 40.0. The summed E-state index contributed by atoms with van der Waals surface area (Å²) in [5.41, 5.74) is 4.43. The van der Waals surface area contributed by atoms with E-state index in [1.165, 1.54) is 72.8 Å². The molecule has 7 heteroatoms. The van der Waals surface area contributed by atoms with Gasteiger partial charge in [-0.15, -0.1) is 0 Å². The topological polar surface area (TPSA) is 35.1 Å². The maximum atomic E-state index is 5.14. The average Bonchev–Trinajstić information content (AvgIpc) is 4.06. The number of fused-ring (bicyclic) bond motifs is 12. The number of hydrogen-bond acceptors (Lipinski definition) is 3. The minimum atomic E-state index is -3.12. The number of nitrogens with zero attached hydrogens (tertiary/aromatic N) is 4. The molecule has 4 aromatic heterocycles. The van der Waals surface area contributed by atoms with Crippen molar-refractivity contribution in [2.75, 3.05) is 0 Å². The van der Waals surface area contributed by atoms with Gasteiger partial charge in [-0.3, -0.25) is 8.97 Å². The number of aromatic nitrogens is 4. The fourth-order valence-corrected chi connectivity index (χ4v) is 23.9.